The highest BCUT2D eigenvalue weighted by Crippen LogP contribution is 2.29. The normalized spacial score (nSPS) is 11.2. The van der Waals surface area contributed by atoms with Crippen LogP contribution in [0.1, 0.15) is 25.5 Å². The maximum Gasteiger partial charge on any atom is 0.166 e. The molecule has 0 fully saturated rings. The lowest BCUT2D eigenvalue weighted by atomic mass is 10.1. The van der Waals surface area contributed by atoms with Gasteiger partial charge in [-0.15, -0.1) is 0 Å². The van der Waals surface area contributed by atoms with Gasteiger partial charge in [-0.25, -0.2) is 15.0 Å². The quantitative estimate of drug-likeness (QED) is 0.523. The predicted molar refractivity (Wildman–Crippen MR) is 111 cm³/mol. The number of nitrogens with zero attached hydrogens (tertiary/aromatic N) is 4. The van der Waals surface area contributed by atoms with Crippen molar-refractivity contribution in [3.63, 3.8) is 0 Å². The number of rotatable bonds is 6. The van der Waals surface area contributed by atoms with Crippen molar-refractivity contribution in [1.82, 2.24) is 19.5 Å². The highest BCUT2D eigenvalue weighted by atomic mass is 16.3. The van der Waals surface area contributed by atoms with E-state index >= 15 is 0 Å². The summed E-state index contributed by atoms with van der Waals surface area (Å²) in [5.74, 6) is 1.91. The van der Waals surface area contributed by atoms with Crippen LogP contribution < -0.4 is 5.32 Å². The molecule has 0 aliphatic heterocycles. The standard InChI is InChI=1S/C22H23N5O/c1-15(2)27-21(17-6-4-3-5-7-17)26-19-20(24-14-25-22(19)27)23-13-12-16-8-10-18(28)11-9-16/h3-11,14-15,28H,12-13H2,1-2H3,(H,23,24,25). The molecule has 4 aromatic rings. The minimum Gasteiger partial charge on any atom is -0.508 e. The van der Waals surface area contributed by atoms with E-state index in [1.807, 2.05) is 30.3 Å². The molecule has 0 atom stereocenters. The average Bonchev–Trinajstić information content (AvgIpc) is 3.11. The van der Waals surface area contributed by atoms with E-state index in [2.05, 4.69) is 45.8 Å². The molecule has 2 aromatic carbocycles. The van der Waals surface area contributed by atoms with Crippen LogP contribution in [-0.4, -0.2) is 31.2 Å². The molecule has 4 rings (SSSR count). The van der Waals surface area contributed by atoms with Crippen LogP contribution in [0.25, 0.3) is 22.6 Å². The number of imidazole rings is 1. The number of benzene rings is 2. The van der Waals surface area contributed by atoms with Gasteiger partial charge in [-0.3, -0.25) is 0 Å². The van der Waals surface area contributed by atoms with E-state index in [1.54, 1.807) is 18.5 Å². The van der Waals surface area contributed by atoms with Gasteiger partial charge >= 0.3 is 0 Å². The zero-order valence-corrected chi connectivity index (χ0v) is 16.0. The molecule has 0 saturated heterocycles. The number of nitrogens with one attached hydrogen (secondary N) is 1. The van der Waals surface area contributed by atoms with E-state index in [4.69, 9.17) is 4.98 Å². The molecule has 2 aromatic heterocycles. The minimum atomic E-state index is 0.222. The number of phenolic OH excluding ortho intramolecular Hbond substituents is 1. The van der Waals surface area contributed by atoms with Crippen molar-refractivity contribution in [3.05, 3.63) is 66.5 Å². The average molecular weight is 373 g/mol. The molecular formula is C22H23N5O. The van der Waals surface area contributed by atoms with Gasteiger partial charge in [-0.05, 0) is 38.0 Å². The molecule has 0 unspecified atom stereocenters. The number of fused-ring (bicyclic) bond motifs is 1. The van der Waals surface area contributed by atoms with Crippen LogP contribution in [0.3, 0.4) is 0 Å². The second kappa shape index (κ2) is 7.68. The van der Waals surface area contributed by atoms with Gasteiger partial charge in [0.25, 0.3) is 0 Å². The highest BCUT2D eigenvalue weighted by Gasteiger charge is 2.18. The van der Waals surface area contributed by atoms with Crippen molar-refractivity contribution in [2.24, 2.45) is 0 Å². The molecule has 6 nitrogen and oxygen atoms in total. The van der Waals surface area contributed by atoms with Crippen molar-refractivity contribution in [2.45, 2.75) is 26.3 Å². The first-order valence-electron chi connectivity index (χ1n) is 9.43. The zero-order chi connectivity index (χ0) is 19.5. The largest absolute Gasteiger partial charge is 0.508 e. The lowest BCUT2D eigenvalue weighted by Gasteiger charge is -2.12. The Labute approximate surface area is 163 Å². The first-order valence-corrected chi connectivity index (χ1v) is 9.43. The number of hydrogen-bond acceptors (Lipinski definition) is 5. The number of hydrogen-bond donors (Lipinski definition) is 2. The summed E-state index contributed by atoms with van der Waals surface area (Å²) >= 11 is 0. The van der Waals surface area contributed by atoms with Gasteiger partial charge < -0.3 is 15.0 Å². The Morgan fingerprint density at radius 1 is 1.00 bits per heavy atom. The van der Waals surface area contributed by atoms with E-state index in [0.717, 1.165) is 40.4 Å². The maximum atomic E-state index is 9.40. The van der Waals surface area contributed by atoms with E-state index in [-0.39, 0.29) is 11.8 Å². The number of aromatic hydroxyl groups is 1. The molecule has 0 bridgehead atoms. The van der Waals surface area contributed by atoms with Gasteiger partial charge in [0, 0.05) is 18.2 Å². The van der Waals surface area contributed by atoms with Crippen molar-refractivity contribution < 1.29 is 5.11 Å². The second-order valence-electron chi connectivity index (χ2n) is 7.00. The van der Waals surface area contributed by atoms with Crippen molar-refractivity contribution >= 4 is 17.0 Å². The van der Waals surface area contributed by atoms with E-state index in [9.17, 15) is 5.11 Å². The Morgan fingerprint density at radius 2 is 1.75 bits per heavy atom. The Bertz CT molecular complexity index is 1070. The van der Waals surface area contributed by atoms with Crippen LogP contribution >= 0.6 is 0 Å². The smallest absolute Gasteiger partial charge is 0.166 e. The van der Waals surface area contributed by atoms with Crippen LogP contribution in [0.4, 0.5) is 5.82 Å². The zero-order valence-electron chi connectivity index (χ0n) is 16.0. The Morgan fingerprint density at radius 3 is 2.46 bits per heavy atom. The minimum absolute atomic E-state index is 0.222. The summed E-state index contributed by atoms with van der Waals surface area (Å²) in [6, 6.07) is 17.6. The molecule has 0 aliphatic carbocycles. The Hall–Kier alpha value is -3.41. The van der Waals surface area contributed by atoms with E-state index < -0.39 is 0 Å². The van der Waals surface area contributed by atoms with Crippen LogP contribution in [0.15, 0.2) is 60.9 Å². The molecule has 0 radical (unpaired) electrons. The topological polar surface area (TPSA) is 75.9 Å². The third-order valence-electron chi connectivity index (χ3n) is 4.67. The van der Waals surface area contributed by atoms with Gasteiger partial charge in [-0.2, -0.15) is 0 Å². The molecule has 0 amide bonds. The summed E-state index contributed by atoms with van der Waals surface area (Å²) in [5.41, 5.74) is 3.81. The maximum absolute atomic E-state index is 9.40. The van der Waals surface area contributed by atoms with Crippen molar-refractivity contribution in [3.8, 4) is 17.1 Å². The molecule has 28 heavy (non-hydrogen) atoms. The van der Waals surface area contributed by atoms with E-state index in [0.29, 0.717) is 6.54 Å². The molecule has 6 heteroatoms. The summed E-state index contributed by atoms with van der Waals surface area (Å²) in [4.78, 5) is 13.8. The van der Waals surface area contributed by atoms with Gasteiger partial charge in [0.15, 0.2) is 17.0 Å². The summed E-state index contributed by atoms with van der Waals surface area (Å²) in [6.45, 7) is 4.98. The van der Waals surface area contributed by atoms with Crippen molar-refractivity contribution in [2.75, 3.05) is 11.9 Å². The lowest BCUT2D eigenvalue weighted by molar-refractivity contribution is 0.475. The molecule has 0 saturated carbocycles. The first kappa shape index (κ1) is 18.0. The van der Waals surface area contributed by atoms with Gasteiger partial charge in [-0.1, -0.05) is 42.5 Å². The third-order valence-corrected chi connectivity index (χ3v) is 4.67. The summed E-state index contributed by atoms with van der Waals surface area (Å²) in [6.07, 6.45) is 2.41. The fourth-order valence-electron chi connectivity index (χ4n) is 3.31. The lowest BCUT2D eigenvalue weighted by Crippen LogP contribution is -2.08. The SMILES string of the molecule is CC(C)n1c(-c2ccccc2)nc2c(NCCc3ccc(O)cc3)ncnc21. The summed E-state index contributed by atoms with van der Waals surface area (Å²) in [7, 11) is 0. The molecule has 142 valence electrons. The van der Waals surface area contributed by atoms with Crippen molar-refractivity contribution in [1.29, 1.82) is 0 Å². The molecule has 0 aliphatic rings. The van der Waals surface area contributed by atoms with Crippen LogP contribution in [0, 0.1) is 0 Å². The monoisotopic (exact) mass is 373 g/mol. The molecular weight excluding hydrogens is 350 g/mol. The number of anilines is 1. The fourth-order valence-corrected chi connectivity index (χ4v) is 3.31. The third kappa shape index (κ3) is 3.53. The molecule has 0 spiro atoms. The van der Waals surface area contributed by atoms with Gasteiger partial charge in [0.1, 0.15) is 17.9 Å². The number of aromatic nitrogens is 4. The Balaban J connectivity index is 1.65. The predicted octanol–water partition coefficient (Wildman–Crippen LogP) is 4.43. The van der Waals surface area contributed by atoms with Gasteiger partial charge in [0.2, 0.25) is 0 Å². The highest BCUT2D eigenvalue weighted by molar-refractivity contribution is 5.86. The molecule has 2 N–H and O–H groups in total. The van der Waals surface area contributed by atoms with E-state index in [1.165, 1.54) is 0 Å². The number of phenols is 1. The summed E-state index contributed by atoms with van der Waals surface area (Å²) in [5, 5.41) is 12.8. The summed E-state index contributed by atoms with van der Waals surface area (Å²) < 4.78 is 2.15. The Kier molecular flexibility index (Phi) is 4.93. The van der Waals surface area contributed by atoms with Crippen LogP contribution in [0.2, 0.25) is 0 Å². The first-order chi connectivity index (χ1) is 13.6. The van der Waals surface area contributed by atoms with Crippen LogP contribution in [-0.2, 0) is 6.42 Å². The molecule has 2 heterocycles. The van der Waals surface area contributed by atoms with Gasteiger partial charge in [0.05, 0.1) is 0 Å². The second-order valence-corrected chi connectivity index (χ2v) is 7.00. The fraction of sp³-hybridized carbons (Fsp3) is 0.227. The van der Waals surface area contributed by atoms with Crippen LogP contribution in [0.5, 0.6) is 5.75 Å².